The summed E-state index contributed by atoms with van der Waals surface area (Å²) in [4.78, 5) is 56.6. The standard InChI is InChI=1S/C44H52N4O5/c1-44(2,3)48(43(52)53)38(41(50)46-30-37(33-19-9-5-10-20-33)34-21-11-6-12-22-34)25-15-16-28-45-42(51)39-29-35-23-13-14-24-36(35)31-47(39)40(49)27-26-32-17-7-4-8-18-32/h4-14,17-24,37-39H,15-16,25-31H2,1-3H3,(H,45,51)(H,46,50)(H,52,53)/t38-,39-/m0/s1. The predicted octanol–water partition coefficient (Wildman–Crippen LogP) is 6.95. The molecule has 0 bridgehead atoms. The molecule has 0 fully saturated rings. The highest BCUT2D eigenvalue weighted by Crippen LogP contribution is 2.27. The van der Waals surface area contributed by atoms with E-state index in [9.17, 15) is 24.3 Å². The molecule has 0 aliphatic carbocycles. The van der Waals surface area contributed by atoms with Crippen molar-refractivity contribution in [3.8, 4) is 0 Å². The van der Waals surface area contributed by atoms with Crippen molar-refractivity contribution in [2.75, 3.05) is 13.1 Å². The molecular formula is C44H52N4O5. The van der Waals surface area contributed by atoms with E-state index in [2.05, 4.69) is 10.6 Å². The minimum atomic E-state index is -1.16. The van der Waals surface area contributed by atoms with Gasteiger partial charge in [-0.1, -0.05) is 115 Å². The number of nitrogens with one attached hydrogen (secondary N) is 2. The van der Waals surface area contributed by atoms with Crippen LogP contribution in [0.5, 0.6) is 0 Å². The Morgan fingerprint density at radius 3 is 1.92 bits per heavy atom. The second-order valence-electron chi connectivity index (χ2n) is 14.7. The van der Waals surface area contributed by atoms with Crippen molar-refractivity contribution in [3.63, 3.8) is 0 Å². The SMILES string of the molecule is CC(C)(C)N(C(=O)O)[C@@H](CCCCNC(=O)[C@@H]1Cc2ccccc2CN1C(=O)CCc1ccccc1)C(=O)NCC(c1ccccc1)c1ccccc1. The molecule has 4 aromatic carbocycles. The molecule has 278 valence electrons. The Balaban J connectivity index is 1.21. The number of nitrogens with zero attached hydrogens (tertiary/aromatic N) is 2. The Labute approximate surface area is 313 Å². The van der Waals surface area contributed by atoms with E-state index in [1.165, 1.54) is 4.90 Å². The highest BCUT2D eigenvalue weighted by molar-refractivity contribution is 5.88. The lowest BCUT2D eigenvalue weighted by Crippen LogP contribution is -2.57. The van der Waals surface area contributed by atoms with E-state index < -0.39 is 23.7 Å². The molecule has 0 saturated heterocycles. The second-order valence-corrected chi connectivity index (χ2v) is 14.7. The van der Waals surface area contributed by atoms with Gasteiger partial charge in [-0.05, 0) is 74.3 Å². The number of carboxylic acid groups (broad SMARTS) is 1. The molecule has 0 saturated carbocycles. The number of fused-ring (bicyclic) bond motifs is 1. The Kier molecular flexibility index (Phi) is 13.4. The van der Waals surface area contributed by atoms with E-state index in [0.29, 0.717) is 51.7 Å². The van der Waals surface area contributed by atoms with Gasteiger partial charge in [-0.3, -0.25) is 19.3 Å². The predicted molar refractivity (Wildman–Crippen MR) is 207 cm³/mol. The molecule has 4 aromatic rings. The number of carbonyl (C=O) groups excluding carboxylic acids is 3. The van der Waals surface area contributed by atoms with Crippen molar-refractivity contribution < 1.29 is 24.3 Å². The number of aryl methyl sites for hydroxylation is 1. The van der Waals surface area contributed by atoms with Crippen LogP contribution in [0.3, 0.4) is 0 Å². The van der Waals surface area contributed by atoms with Crippen LogP contribution >= 0.6 is 0 Å². The van der Waals surface area contributed by atoms with E-state index in [0.717, 1.165) is 27.8 Å². The topological polar surface area (TPSA) is 119 Å². The van der Waals surface area contributed by atoms with Gasteiger partial charge in [0.05, 0.1) is 0 Å². The molecule has 0 radical (unpaired) electrons. The van der Waals surface area contributed by atoms with Crippen molar-refractivity contribution in [2.45, 2.75) is 89.4 Å². The zero-order chi connectivity index (χ0) is 37.8. The van der Waals surface area contributed by atoms with Crippen LogP contribution < -0.4 is 10.6 Å². The second kappa shape index (κ2) is 18.4. The number of amides is 4. The molecule has 2 atom stereocenters. The van der Waals surface area contributed by atoms with Crippen LogP contribution in [-0.2, 0) is 33.8 Å². The highest BCUT2D eigenvalue weighted by Gasteiger charge is 2.38. The monoisotopic (exact) mass is 716 g/mol. The van der Waals surface area contributed by atoms with E-state index in [1.807, 2.05) is 115 Å². The summed E-state index contributed by atoms with van der Waals surface area (Å²) in [5.74, 6) is -0.734. The van der Waals surface area contributed by atoms with Gasteiger partial charge >= 0.3 is 6.09 Å². The lowest BCUT2D eigenvalue weighted by atomic mass is 9.91. The summed E-state index contributed by atoms with van der Waals surface area (Å²) in [5.41, 5.74) is 4.46. The zero-order valence-corrected chi connectivity index (χ0v) is 31.0. The number of hydrogen-bond acceptors (Lipinski definition) is 4. The van der Waals surface area contributed by atoms with Crippen molar-refractivity contribution in [1.82, 2.24) is 20.4 Å². The Hall–Kier alpha value is -5.44. The van der Waals surface area contributed by atoms with Gasteiger partial charge in [-0.25, -0.2) is 4.79 Å². The van der Waals surface area contributed by atoms with E-state index in [1.54, 1.807) is 25.7 Å². The van der Waals surface area contributed by atoms with Crippen LogP contribution in [0.4, 0.5) is 4.79 Å². The maximum Gasteiger partial charge on any atom is 0.408 e. The molecule has 9 heteroatoms. The van der Waals surface area contributed by atoms with Crippen LogP contribution in [0.15, 0.2) is 115 Å². The summed E-state index contributed by atoms with van der Waals surface area (Å²) in [6, 6.07) is 36.1. The minimum Gasteiger partial charge on any atom is -0.465 e. The van der Waals surface area contributed by atoms with Crippen LogP contribution in [0.25, 0.3) is 0 Å². The van der Waals surface area contributed by atoms with Crippen LogP contribution in [0.1, 0.15) is 80.2 Å². The molecule has 0 spiro atoms. The van der Waals surface area contributed by atoms with Gasteiger partial charge in [0, 0.05) is 43.9 Å². The number of unbranched alkanes of at least 4 members (excludes halogenated alkanes) is 1. The first kappa shape index (κ1) is 38.8. The van der Waals surface area contributed by atoms with Crippen LogP contribution in [0, 0.1) is 0 Å². The van der Waals surface area contributed by atoms with E-state index in [4.69, 9.17) is 0 Å². The molecular weight excluding hydrogens is 665 g/mol. The van der Waals surface area contributed by atoms with Crippen molar-refractivity contribution >= 4 is 23.8 Å². The summed E-state index contributed by atoms with van der Waals surface area (Å²) >= 11 is 0. The fourth-order valence-corrected chi connectivity index (χ4v) is 7.24. The summed E-state index contributed by atoms with van der Waals surface area (Å²) in [6.07, 6.45) is 1.51. The molecule has 1 aliphatic rings. The van der Waals surface area contributed by atoms with Crippen molar-refractivity contribution in [3.05, 3.63) is 143 Å². The van der Waals surface area contributed by atoms with Gasteiger partial charge in [-0.15, -0.1) is 0 Å². The number of carbonyl (C=O) groups is 4. The maximum absolute atomic E-state index is 13.9. The minimum absolute atomic E-state index is 0.0601. The number of rotatable bonds is 15. The van der Waals surface area contributed by atoms with Crippen LogP contribution in [-0.4, -0.2) is 69.4 Å². The van der Waals surface area contributed by atoms with Gasteiger partial charge < -0.3 is 20.6 Å². The summed E-state index contributed by atoms with van der Waals surface area (Å²) < 4.78 is 0. The molecule has 1 heterocycles. The average molecular weight is 717 g/mol. The fraction of sp³-hybridized carbons (Fsp3) is 0.364. The molecule has 53 heavy (non-hydrogen) atoms. The molecule has 5 rings (SSSR count). The third-order valence-corrected chi connectivity index (χ3v) is 9.97. The van der Waals surface area contributed by atoms with Crippen molar-refractivity contribution in [2.24, 2.45) is 0 Å². The zero-order valence-electron chi connectivity index (χ0n) is 31.0. The summed E-state index contributed by atoms with van der Waals surface area (Å²) in [6.45, 7) is 6.38. The van der Waals surface area contributed by atoms with Crippen molar-refractivity contribution in [1.29, 1.82) is 0 Å². The highest BCUT2D eigenvalue weighted by atomic mass is 16.4. The lowest BCUT2D eigenvalue weighted by molar-refractivity contribution is -0.141. The van der Waals surface area contributed by atoms with Gasteiger partial charge in [-0.2, -0.15) is 0 Å². The Morgan fingerprint density at radius 1 is 0.774 bits per heavy atom. The average Bonchev–Trinajstić information content (AvgIpc) is 3.16. The molecule has 4 amide bonds. The largest absolute Gasteiger partial charge is 0.465 e. The van der Waals surface area contributed by atoms with E-state index in [-0.39, 0.29) is 30.1 Å². The Morgan fingerprint density at radius 2 is 1.34 bits per heavy atom. The van der Waals surface area contributed by atoms with Gasteiger partial charge in [0.15, 0.2) is 0 Å². The summed E-state index contributed by atoms with van der Waals surface area (Å²) in [5, 5.41) is 16.4. The lowest BCUT2D eigenvalue weighted by Gasteiger charge is -2.39. The van der Waals surface area contributed by atoms with E-state index >= 15 is 0 Å². The Bertz CT molecular complexity index is 1770. The molecule has 9 nitrogen and oxygen atoms in total. The smallest absolute Gasteiger partial charge is 0.408 e. The quantitative estimate of drug-likeness (QED) is 0.115. The third kappa shape index (κ3) is 10.6. The molecule has 0 aromatic heterocycles. The first-order valence-corrected chi connectivity index (χ1v) is 18.6. The van der Waals surface area contributed by atoms with Gasteiger partial charge in [0.25, 0.3) is 0 Å². The normalized spacial score (nSPS) is 14.6. The van der Waals surface area contributed by atoms with Crippen LogP contribution in [0.2, 0.25) is 0 Å². The fourth-order valence-electron chi connectivity index (χ4n) is 7.24. The molecule has 1 aliphatic heterocycles. The van der Waals surface area contributed by atoms with Gasteiger partial charge in [0.2, 0.25) is 17.7 Å². The number of benzene rings is 4. The van der Waals surface area contributed by atoms with Gasteiger partial charge in [0.1, 0.15) is 12.1 Å². The maximum atomic E-state index is 13.9. The summed E-state index contributed by atoms with van der Waals surface area (Å²) in [7, 11) is 0. The first-order valence-electron chi connectivity index (χ1n) is 18.6. The number of hydrogen-bond donors (Lipinski definition) is 3. The third-order valence-electron chi connectivity index (χ3n) is 9.97. The molecule has 0 unspecified atom stereocenters. The first-order chi connectivity index (χ1) is 25.5. The molecule has 3 N–H and O–H groups in total.